The minimum absolute atomic E-state index is 0.174. The molecule has 1 saturated carbocycles. The molecule has 0 aromatic heterocycles. The Hall–Kier alpha value is -1.05. The number of halogens is 1. The molecule has 4 unspecified atom stereocenters. The first kappa shape index (κ1) is 19.3. The summed E-state index contributed by atoms with van der Waals surface area (Å²) in [5.41, 5.74) is 1.18. The van der Waals surface area contributed by atoms with Crippen LogP contribution in [0.25, 0.3) is 0 Å². The van der Waals surface area contributed by atoms with Gasteiger partial charge in [0.2, 0.25) is 0 Å². The van der Waals surface area contributed by atoms with Crippen molar-refractivity contribution in [2.75, 3.05) is 52.6 Å². The molecule has 5 nitrogen and oxygen atoms in total. The number of benzene rings is 1. The van der Waals surface area contributed by atoms with E-state index in [0.717, 1.165) is 52.6 Å². The van der Waals surface area contributed by atoms with Gasteiger partial charge in [-0.1, -0.05) is 18.6 Å². The fourth-order valence-corrected chi connectivity index (χ4v) is 4.88. The summed E-state index contributed by atoms with van der Waals surface area (Å²) in [6, 6.07) is 8.25. The number of ether oxygens (including phenoxy) is 2. The largest absolute Gasteiger partial charge is 0.379 e. The van der Waals surface area contributed by atoms with E-state index in [9.17, 15) is 4.39 Å². The van der Waals surface area contributed by atoms with Gasteiger partial charge in [-0.05, 0) is 36.5 Å². The van der Waals surface area contributed by atoms with Crippen LogP contribution in [0.5, 0.6) is 0 Å². The van der Waals surface area contributed by atoms with E-state index in [2.05, 4.69) is 15.5 Å². The summed E-state index contributed by atoms with van der Waals surface area (Å²) in [5, 5.41) is 7.51. The highest BCUT2D eigenvalue weighted by molar-refractivity contribution is 5.21. The lowest BCUT2D eigenvalue weighted by Gasteiger charge is -2.37. The van der Waals surface area contributed by atoms with Crippen molar-refractivity contribution >= 4 is 0 Å². The number of hydrogen-bond donors (Lipinski definition) is 2. The highest BCUT2D eigenvalue weighted by atomic mass is 19.1. The second kappa shape index (κ2) is 9.43. The average molecular weight is 378 g/mol. The molecular formula is C21H32FN3O2. The van der Waals surface area contributed by atoms with Crippen LogP contribution >= 0.6 is 0 Å². The molecule has 1 aliphatic carbocycles. The van der Waals surface area contributed by atoms with Gasteiger partial charge in [-0.2, -0.15) is 0 Å². The van der Waals surface area contributed by atoms with Crippen LogP contribution in [-0.2, 0) is 9.47 Å². The molecule has 3 aliphatic rings. The second-order valence-electron chi connectivity index (χ2n) is 7.96. The minimum atomic E-state index is -0.174. The summed E-state index contributed by atoms with van der Waals surface area (Å²) in [5.74, 6) is 0.454. The number of hydrogen-bond acceptors (Lipinski definition) is 5. The van der Waals surface area contributed by atoms with Crippen LogP contribution in [0.15, 0.2) is 24.3 Å². The van der Waals surface area contributed by atoms with Gasteiger partial charge in [-0.15, -0.1) is 0 Å². The highest BCUT2D eigenvalue weighted by Crippen LogP contribution is 2.30. The third kappa shape index (κ3) is 4.87. The van der Waals surface area contributed by atoms with Crippen molar-refractivity contribution in [2.24, 2.45) is 5.92 Å². The van der Waals surface area contributed by atoms with Crippen LogP contribution in [0, 0.1) is 11.7 Å². The Balaban J connectivity index is 1.42. The van der Waals surface area contributed by atoms with Gasteiger partial charge in [0.25, 0.3) is 0 Å². The zero-order valence-corrected chi connectivity index (χ0v) is 16.0. The predicted molar refractivity (Wildman–Crippen MR) is 103 cm³/mol. The molecule has 0 spiro atoms. The Morgan fingerprint density at radius 1 is 1.11 bits per heavy atom. The molecule has 2 N–H and O–H groups in total. The molecule has 0 bridgehead atoms. The van der Waals surface area contributed by atoms with Crippen molar-refractivity contribution in [1.29, 1.82) is 0 Å². The minimum Gasteiger partial charge on any atom is -0.379 e. The molecule has 0 amide bonds. The number of nitrogens with zero attached hydrogens (tertiary/aromatic N) is 1. The SMILES string of the molecule is Fc1ccc(C(CNC2CCCC2C2COCCN2)N2CCOCC2)cc1. The topological polar surface area (TPSA) is 45.8 Å². The maximum absolute atomic E-state index is 13.4. The van der Waals surface area contributed by atoms with Gasteiger partial charge in [0.05, 0.1) is 26.4 Å². The van der Waals surface area contributed by atoms with Crippen molar-refractivity contribution in [2.45, 2.75) is 37.4 Å². The fourth-order valence-electron chi connectivity index (χ4n) is 4.88. The van der Waals surface area contributed by atoms with Crippen LogP contribution < -0.4 is 10.6 Å². The van der Waals surface area contributed by atoms with E-state index in [1.807, 2.05) is 12.1 Å². The second-order valence-corrected chi connectivity index (χ2v) is 7.96. The van der Waals surface area contributed by atoms with E-state index in [-0.39, 0.29) is 11.9 Å². The summed E-state index contributed by atoms with van der Waals surface area (Å²) in [6.07, 6.45) is 3.76. The van der Waals surface area contributed by atoms with Crippen molar-refractivity contribution in [3.63, 3.8) is 0 Å². The van der Waals surface area contributed by atoms with Crippen molar-refractivity contribution in [3.8, 4) is 0 Å². The third-order valence-electron chi connectivity index (χ3n) is 6.35. The molecule has 3 fully saturated rings. The molecule has 2 aliphatic heterocycles. The molecule has 1 aromatic carbocycles. The Morgan fingerprint density at radius 2 is 1.93 bits per heavy atom. The van der Waals surface area contributed by atoms with Crippen molar-refractivity contribution in [3.05, 3.63) is 35.6 Å². The third-order valence-corrected chi connectivity index (χ3v) is 6.35. The smallest absolute Gasteiger partial charge is 0.123 e. The summed E-state index contributed by atoms with van der Waals surface area (Å²) in [6.45, 7) is 6.89. The quantitative estimate of drug-likeness (QED) is 0.793. The van der Waals surface area contributed by atoms with E-state index in [1.54, 1.807) is 12.1 Å². The summed E-state index contributed by atoms with van der Waals surface area (Å²) < 4.78 is 24.6. The zero-order chi connectivity index (χ0) is 18.5. The molecule has 4 atom stereocenters. The number of rotatable bonds is 6. The zero-order valence-electron chi connectivity index (χ0n) is 16.0. The van der Waals surface area contributed by atoms with Crippen molar-refractivity contribution < 1.29 is 13.9 Å². The van der Waals surface area contributed by atoms with Gasteiger partial charge in [-0.3, -0.25) is 4.90 Å². The standard InChI is InChI=1S/C21H32FN3O2/c22-17-6-4-16(5-7-17)21(25-9-12-26-13-10-25)14-24-19-3-1-2-18(19)20-15-27-11-8-23-20/h4-7,18-21,23-24H,1-3,8-15H2. The van der Waals surface area contributed by atoms with Crippen LogP contribution in [0.4, 0.5) is 4.39 Å². The molecule has 4 rings (SSSR count). The number of nitrogens with one attached hydrogen (secondary N) is 2. The van der Waals surface area contributed by atoms with Crippen LogP contribution in [0.2, 0.25) is 0 Å². The molecule has 2 heterocycles. The average Bonchev–Trinajstić information content (AvgIpc) is 3.19. The molecule has 0 radical (unpaired) electrons. The Morgan fingerprint density at radius 3 is 2.67 bits per heavy atom. The van der Waals surface area contributed by atoms with Gasteiger partial charge in [0.15, 0.2) is 0 Å². The highest BCUT2D eigenvalue weighted by Gasteiger charge is 2.35. The maximum atomic E-state index is 13.4. The Bertz CT molecular complexity index is 573. The normalized spacial score (nSPS) is 31.1. The van der Waals surface area contributed by atoms with E-state index >= 15 is 0 Å². The first-order valence-corrected chi connectivity index (χ1v) is 10.4. The fraction of sp³-hybridized carbons (Fsp3) is 0.714. The first-order valence-electron chi connectivity index (χ1n) is 10.4. The summed E-state index contributed by atoms with van der Waals surface area (Å²) >= 11 is 0. The van der Waals surface area contributed by atoms with Gasteiger partial charge in [0.1, 0.15) is 5.82 Å². The van der Waals surface area contributed by atoms with Crippen LogP contribution in [0.1, 0.15) is 30.9 Å². The molecule has 2 saturated heterocycles. The summed E-state index contributed by atoms with van der Waals surface area (Å²) in [4.78, 5) is 2.47. The maximum Gasteiger partial charge on any atom is 0.123 e. The van der Waals surface area contributed by atoms with Gasteiger partial charge in [0, 0.05) is 44.3 Å². The van der Waals surface area contributed by atoms with Gasteiger partial charge >= 0.3 is 0 Å². The lowest BCUT2D eigenvalue weighted by atomic mass is 9.93. The lowest BCUT2D eigenvalue weighted by molar-refractivity contribution is 0.0144. The van der Waals surface area contributed by atoms with Crippen LogP contribution in [0.3, 0.4) is 0 Å². The van der Waals surface area contributed by atoms with Gasteiger partial charge in [-0.25, -0.2) is 4.39 Å². The molecule has 150 valence electrons. The van der Waals surface area contributed by atoms with Gasteiger partial charge < -0.3 is 20.1 Å². The molecule has 6 heteroatoms. The first-order chi connectivity index (χ1) is 13.3. The number of morpholine rings is 2. The van der Waals surface area contributed by atoms with E-state index in [4.69, 9.17) is 9.47 Å². The Kier molecular flexibility index (Phi) is 6.73. The van der Waals surface area contributed by atoms with Crippen molar-refractivity contribution in [1.82, 2.24) is 15.5 Å². The molecular weight excluding hydrogens is 345 g/mol. The van der Waals surface area contributed by atoms with E-state index < -0.39 is 0 Å². The molecule has 1 aromatic rings. The van der Waals surface area contributed by atoms with E-state index in [0.29, 0.717) is 18.0 Å². The van der Waals surface area contributed by atoms with Crippen LogP contribution in [-0.4, -0.2) is 69.6 Å². The monoisotopic (exact) mass is 377 g/mol. The lowest BCUT2D eigenvalue weighted by Crippen LogP contribution is -2.52. The predicted octanol–water partition coefficient (Wildman–Crippen LogP) is 1.95. The Labute approximate surface area is 161 Å². The van der Waals surface area contributed by atoms with E-state index in [1.165, 1.54) is 24.8 Å². The molecule has 27 heavy (non-hydrogen) atoms. The summed E-state index contributed by atoms with van der Waals surface area (Å²) in [7, 11) is 0.